The van der Waals surface area contributed by atoms with E-state index < -0.39 is 0 Å². The molecular weight excluding hydrogens is 238 g/mol. The van der Waals surface area contributed by atoms with Gasteiger partial charge in [-0.15, -0.1) is 0 Å². The van der Waals surface area contributed by atoms with Crippen molar-refractivity contribution >= 4 is 32.9 Å². The molecule has 0 bridgehead atoms. The third-order valence-electron chi connectivity index (χ3n) is 1.16. The van der Waals surface area contributed by atoms with E-state index in [0.29, 0.717) is 5.75 Å². The first kappa shape index (κ1) is 9.54. The van der Waals surface area contributed by atoms with Gasteiger partial charge in [0.1, 0.15) is 0 Å². The van der Waals surface area contributed by atoms with E-state index in [2.05, 4.69) is 20.9 Å². The van der Waals surface area contributed by atoms with Crippen LogP contribution in [0.25, 0.3) is 0 Å². The molecule has 0 unspecified atom stereocenters. The van der Waals surface area contributed by atoms with E-state index in [4.69, 9.17) is 11.1 Å². The lowest BCUT2D eigenvalue weighted by molar-refractivity contribution is 1.24. The predicted octanol–water partition coefficient (Wildman–Crippen LogP) is 1.97. The molecule has 0 amide bonds. The van der Waals surface area contributed by atoms with Crippen LogP contribution in [0.4, 0.5) is 0 Å². The molecule has 1 heterocycles. The number of nitrogens with one attached hydrogen (secondary N) is 1. The molecule has 0 saturated heterocycles. The molecule has 0 saturated carbocycles. The summed E-state index contributed by atoms with van der Waals surface area (Å²) in [4.78, 5) is 3.99. The number of rotatable bonds is 2. The predicted molar refractivity (Wildman–Crippen MR) is 55.1 cm³/mol. The van der Waals surface area contributed by atoms with Crippen molar-refractivity contribution in [1.82, 2.24) is 4.98 Å². The molecule has 0 aliphatic rings. The van der Waals surface area contributed by atoms with Crippen molar-refractivity contribution in [2.75, 3.05) is 0 Å². The average molecular weight is 246 g/mol. The van der Waals surface area contributed by atoms with Gasteiger partial charge in [0.25, 0.3) is 0 Å². The van der Waals surface area contributed by atoms with E-state index in [0.717, 1.165) is 10.0 Å². The van der Waals surface area contributed by atoms with Crippen LogP contribution in [0.3, 0.4) is 0 Å². The maximum absolute atomic E-state index is 7.01. The van der Waals surface area contributed by atoms with Gasteiger partial charge in [-0.3, -0.25) is 10.4 Å². The zero-order valence-corrected chi connectivity index (χ0v) is 8.65. The second-order valence-electron chi connectivity index (χ2n) is 2.16. The van der Waals surface area contributed by atoms with Crippen LogP contribution in [0, 0.1) is 5.41 Å². The third kappa shape index (κ3) is 3.23. The fourth-order valence-electron chi connectivity index (χ4n) is 0.696. The molecule has 0 aliphatic heterocycles. The highest BCUT2D eigenvalue weighted by atomic mass is 79.9. The second kappa shape index (κ2) is 4.47. The number of hydrogen-bond donors (Lipinski definition) is 2. The third-order valence-corrected chi connectivity index (χ3v) is 2.38. The Hall–Kier alpha value is -0.550. The lowest BCUT2D eigenvalue weighted by atomic mass is 10.3. The highest BCUT2D eigenvalue weighted by molar-refractivity contribution is 9.10. The molecule has 0 radical (unpaired) electrons. The highest BCUT2D eigenvalue weighted by Crippen LogP contribution is 2.14. The molecule has 0 aromatic carbocycles. The molecule has 1 aromatic rings. The number of halogens is 1. The zero-order chi connectivity index (χ0) is 8.97. The summed E-state index contributed by atoms with van der Waals surface area (Å²) < 4.78 is 0.948. The van der Waals surface area contributed by atoms with Crippen molar-refractivity contribution in [3.8, 4) is 0 Å². The standard InChI is InChI=1S/C7H8BrN3S/c8-6-1-5(2-11-3-6)4-12-7(9)10/h1-3H,4H2,(H3,9,10). The summed E-state index contributed by atoms with van der Waals surface area (Å²) in [6.07, 6.45) is 3.49. The molecular formula is C7H8BrN3S. The molecule has 64 valence electrons. The zero-order valence-electron chi connectivity index (χ0n) is 6.25. The molecule has 1 rings (SSSR count). The van der Waals surface area contributed by atoms with Gasteiger partial charge in [-0.05, 0) is 27.6 Å². The highest BCUT2D eigenvalue weighted by Gasteiger charge is 1.96. The van der Waals surface area contributed by atoms with Crippen LogP contribution in [-0.2, 0) is 5.75 Å². The Kier molecular flexibility index (Phi) is 3.55. The van der Waals surface area contributed by atoms with Crippen LogP contribution < -0.4 is 5.73 Å². The van der Waals surface area contributed by atoms with Crippen molar-refractivity contribution in [3.63, 3.8) is 0 Å². The Labute approximate surface area is 83.4 Å². The normalized spacial score (nSPS) is 9.75. The fourth-order valence-corrected chi connectivity index (χ4v) is 1.59. The van der Waals surface area contributed by atoms with E-state index in [1.54, 1.807) is 12.4 Å². The number of nitrogens with two attached hydrogens (primary N) is 1. The Balaban J connectivity index is 2.57. The fraction of sp³-hybridized carbons (Fsp3) is 0.143. The molecule has 0 fully saturated rings. The summed E-state index contributed by atoms with van der Waals surface area (Å²) in [7, 11) is 0. The van der Waals surface area contributed by atoms with Gasteiger partial charge >= 0.3 is 0 Å². The summed E-state index contributed by atoms with van der Waals surface area (Å²) in [6, 6.07) is 1.96. The quantitative estimate of drug-likeness (QED) is 0.619. The lowest BCUT2D eigenvalue weighted by Gasteiger charge is -1.98. The second-order valence-corrected chi connectivity index (χ2v) is 4.10. The monoisotopic (exact) mass is 245 g/mol. The van der Waals surface area contributed by atoms with Gasteiger partial charge in [-0.1, -0.05) is 11.8 Å². The topological polar surface area (TPSA) is 62.8 Å². The van der Waals surface area contributed by atoms with E-state index >= 15 is 0 Å². The Bertz CT molecular complexity index is 290. The van der Waals surface area contributed by atoms with Gasteiger partial charge in [0, 0.05) is 22.6 Å². The summed E-state index contributed by atoms with van der Waals surface area (Å²) in [5.74, 6) is 0.696. The first-order chi connectivity index (χ1) is 5.68. The number of amidine groups is 1. The SMILES string of the molecule is N=C(N)SCc1cncc(Br)c1. The average Bonchev–Trinajstić information content (AvgIpc) is 2.01. The largest absolute Gasteiger partial charge is 0.379 e. The van der Waals surface area contributed by atoms with Gasteiger partial charge in [0.15, 0.2) is 5.17 Å². The van der Waals surface area contributed by atoms with E-state index in [1.165, 1.54) is 11.8 Å². The van der Waals surface area contributed by atoms with Crippen LogP contribution >= 0.6 is 27.7 Å². The van der Waals surface area contributed by atoms with Crippen LogP contribution in [0.2, 0.25) is 0 Å². The van der Waals surface area contributed by atoms with Gasteiger partial charge in [0.2, 0.25) is 0 Å². The Morgan fingerprint density at radius 2 is 2.42 bits per heavy atom. The van der Waals surface area contributed by atoms with Gasteiger partial charge in [-0.2, -0.15) is 0 Å². The maximum atomic E-state index is 7.01. The summed E-state index contributed by atoms with van der Waals surface area (Å²) in [5.41, 5.74) is 6.25. The minimum Gasteiger partial charge on any atom is -0.379 e. The van der Waals surface area contributed by atoms with Crippen molar-refractivity contribution in [2.45, 2.75) is 5.75 Å². The summed E-state index contributed by atoms with van der Waals surface area (Å²) in [5, 5.41) is 7.14. The minimum absolute atomic E-state index is 0.134. The van der Waals surface area contributed by atoms with Gasteiger partial charge in [0.05, 0.1) is 0 Å². The molecule has 12 heavy (non-hydrogen) atoms. The van der Waals surface area contributed by atoms with Crippen LogP contribution in [-0.4, -0.2) is 10.2 Å². The van der Waals surface area contributed by atoms with Crippen LogP contribution in [0.1, 0.15) is 5.56 Å². The van der Waals surface area contributed by atoms with Gasteiger partial charge < -0.3 is 5.73 Å². The Morgan fingerprint density at radius 3 is 3.00 bits per heavy atom. The van der Waals surface area contributed by atoms with Crippen molar-refractivity contribution < 1.29 is 0 Å². The van der Waals surface area contributed by atoms with Crippen LogP contribution in [0.15, 0.2) is 22.9 Å². The first-order valence-corrected chi connectivity index (χ1v) is 5.02. The number of hydrogen-bond acceptors (Lipinski definition) is 3. The smallest absolute Gasteiger partial charge is 0.151 e. The number of pyridine rings is 1. The molecule has 0 spiro atoms. The molecule has 3 N–H and O–H groups in total. The maximum Gasteiger partial charge on any atom is 0.151 e. The Morgan fingerprint density at radius 1 is 1.67 bits per heavy atom. The van der Waals surface area contributed by atoms with Crippen LogP contribution in [0.5, 0.6) is 0 Å². The molecule has 5 heteroatoms. The van der Waals surface area contributed by atoms with E-state index in [9.17, 15) is 0 Å². The van der Waals surface area contributed by atoms with Crippen molar-refractivity contribution in [3.05, 3.63) is 28.5 Å². The number of nitrogens with zero attached hydrogens (tertiary/aromatic N) is 1. The molecule has 0 atom stereocenters. The molecule has 1 aromatic heterocycles. The number of thioether (sulfide) groups is 1. The first-order valence-electron chi connectivity index (χ1n) is 3.25. The van der Waals surface area contributed by atoms with Gasteiger partial charge in [-0.25, -0.2) is 0 Å². The summed E-state index contributed by atoms with van der Waals surface area (Å²) in [6.45, 7) is 0. The van der Waals surface area contributed by atoms with E-state index in [1.807, 2.05) is 6.07 Å². The molecule has 3 nitrogen and oxygen atoms in total. The van der Waals surface area contributed by atoms with E-state index in [-0.39, 0.29) is 5.17 Å². The lowest BCUT2D eigenvalue weighted by Crippen LogP contribution is -2.03. The van der Waals surface area contributed by atoms with Crippen molar-refractivity contribution in [2.24, 2.45) is 5.73 Å². The van der Waals surface area contributed by atoms with Crippen molar-refractivity contribution in [1.29, 1.82) is 5.41 Å². The summed E-state index contributed by atoms with van der Waals surface area (Å²) >= 11 is 4.61. The minimum atomic E-state index is 0.134. The molecule has 0 aliphatic carbocycles. The number of aromatic nitrogens is 1.